The minimum Gasteiger partial charge on any atom is -0.496 e. The van der Waals surface area contributed by atoms with E-state index in [0.717, 1.165) is 11.3 Å². The van der Waals surface area contributed by atoms with Gasteiger partial charge >= 0.3 is 0 Å². The minimum absolute atomic E-state index is 0.242. The molecule has 0 radical (unpaired) electrons. The van der Waals surface area contributed by atoms with E-state index in [4.69, 9.17) is 4.74 Å². The first-order valence-corrected chi connectivity index (χ1v) is 6.94. The maximum absolute atomic E-state index is 13.6. The molecule has 2 aromatic rings. The molecule has 114 valence electrons. The Morgan fingerprint density at radius 3 is 2.59 bits per heavy atom. The van der Waals surface area contributed by atoms with E-state index >= 15 is 0 Å². The molecule has 2 aromatic carbocycles. The zero-order valence-electron chi connectivity index (χ0n) is 12.6. The van der Waals surface area contributed by atoms with Gasteiger partial charge in [-0.1, -0.05) is 36.4 Å². The summed E-state index contributed by atoms with van der Waals surface area (Å²) in [6.45, 7) is 2.01. The van der Waals surface area contributed by atoms with Gasteiger partial charge < -0.3 is 10.1 Å². The molecule has 0 aliphatic carbocycles. The van der Waals surface area contributed by atoms with E-state index in [0.29, 0.717) is 17.7 Å². The monoisotopic (exact) mass is 299 g/mol. The third-order valence-electron chi connectivity index (χ3n) is 3.27. The number of carbonyl (C=O) groups excluding carboxylic acids is 1. The van der Waals surface area contributed by atoms with Crippen molar-refractivity contribution in [1.82, 2.24) is 5.32 Å². The second-order valence-corrected chi connectivity index (χ2v) is 4.84. The summed E-state index contributed by atoms with van der Waals surface area (Å²) in [5.41, 5.74) is 1.73. The van der Waals surface area contributed by atoms with E-state index in [2.05, 4.69) is 5.32 Å². The van der Waals surface area contributed by atoms with Crippen molar-refractivity contribution in [2.24, 2.45) is 0 Å². The molecule has 0 heterocycles. The number of hydrogen-bond donors (Lipinski definition) is 1. The second kappa shape index (κ2) is 7.41. The van der Waals surface area contributed by atoms with E-state index in [1.54, 1.807) is 32.2 Å². The van der Waals surface area contributed by atoms with Crippen LogP contribution >= 0.6 is 0 Å². The van der Waals surface area contributed by atoms with Gasteiger partial charge in [0.1, 0.15) is 11.6 Å². The summed E-state index contributed by atoms with van der Waals surface area (Å²) >= 11 is 0. The summed E-state index contributed by atoms with van der Waals surface area (Å²) in [7, 11) is 1.59. The normalized spacial score (nSPS) is 11.1. The van der Waals surface area contributed by atoms with Crippen molar-refractivity contribution in [1.29, 1.82) is 0 Å². The van der Waals surface area contributed by atoms with Crippen LogP contribution in [0.4, 0.5) is 4.39 Å². The van der Waals surface area contributed by atoms with Gasteiger partial charge in [-0.25, -0.2) is 4.39 Å². The number of ether oxygens (including phenoxy) is 1. The Kier molecular flexibility index (Phi) is 5.31. The van der Waals surface area contributed by atoms with Crippen LogP contribution in [-0.4, -0.2) is 13.0 Å². The number of halogens is 1. The van der Waals surface area contributed by atoms with E-state index < -0.39 is 0 Å². The van der Waals surface area contributed by atoms with Crippen LogP contribution in [0.2, 0.25) is 0 Å². The number of para-hydroxylation sites is 1. The Balaban J connectivity index is 2.04. The quantitative estimate of drug-likeness (QED) is 0.857. The molecule has 2 rings (SSSR count). The van der Waals surface area contributed by atoms with Crippen LogP contribution in [0.5, 0.6) is 5.75 Å². The molecule has 0 fully saturated rings. The van der Waals surface area contributed by atoms with Gasteiger partial charge in [0.05, 0.1) is 7.11 Å². The van der Waals surface area contributed by atoms with Crippen molar-refractivity contribution in [2.75, 3.05) is 7.11 Å². The molecule has 0 aromatic heterocycles. The third kappa shape index (κ3) is 3.95. The van der Waals surface area contributed by atoms with Gasteiger partial charge in [0, 0.05) is 23.2 Å². The van der Waals surface area contributed by atoms with Crippen molar-refractivity contribution >= 4 is 12.0 Å². The summed E-state index contributed by atoms with van der Waals surface area (Å²) in [6.07, 6.45) is 1.53. The Morgan fingerprint density at radius 1 is 1.18 bits per heavy atom. The highest BCUT2D eigenvalue weighted by Gasteiger charge is 2.08. The lowest BCUT2D eigenvalue weighted by Gasteiger charge is -2.09. The van der Waals surface area contributed by atoms with Crippen LogP contribution in [0.3, 0.4) is 0 Å². The molecule has 22 heavy (non-hydrogen) atoms. The predicted molar refractivity (Wildman–Crippen MR) is 84.9 cm³/mol. The highest BCUT2D eigenvalue weighted by molar-refractivity contribution is 5.97. The standard InChI is InChI=1S/C18H18FNO2/c1-13(11-14-7-3-5-9-16(14)19)18(21)20-12-15-8-4-6-10-17(15)22-2/h3-11H,12H2,1-2H3,(H,20,21)/b13-11+. The van der Waals surface area contributed by atoms with Gasteiger partial charge in [-0.2, -0.15) is 0 Å². The molecule has 0 saturated heterocycles. The van der Waals surface area contributed by atoms with E-state index in [9.17, 15) is 9.18 Å². The van der Waals surface area contributed by atoms with E-state index in [1.807, 2.05) is 24.3 Å². The van der Waals surface area contributed by atoms with Crippen LogP contribution in [-0.2, 0) is 11.3 Å². The molecule has 0 spiro atoms. The van der Waals surface area contributed by atoms with E-state index in [-0.39, 0.29) is 11.7 Å². The molecule has 0 bridgehead atoms. The molecule has 0 unspecified atom stereocenters. The molecule has 1 amide bonds. The smallest absolute Gasteiger partial charge is 0.247 e. The third-order valence-corrected chi connectivity index (χ3v) is 3.27. The number of methoxy groups -OCH3 is 1. The summed E-state index contributed by atoms with van der Waals surface area (Å²) in [6, 6.07) is 13.8. The Bertz CT molecular complexity index is 695. The molecule has 0 atom stereocenters. The van der Waals surface area contributed by atoms with Crippen molar-refractivity contribution in [3.63, 3.8) is 0 Å². The maximum Gasteiger partial charge on any atom is 0.247 e. The molecule has 0 saturated carbocycles. The van der Waals surface area contributed by atoms with Crippen LogP contribution in [0.25, 0.3) is 6.08 Å². The lowest BCUT2D eigenvalue weighted by molar-refractivity contribution is -0.117. The highest BCUT2D eigenvalue weighted by atomic mass is 19.1. The van der Waals surface area contributed by atoms with Crippen LogP contribution in [0.15, 0.2) is 54.1 Å². The average Bonchev–Trinajstić information content (AvgIpc) is 2.54. The fourth-order valence-corrected chi connectivity index (χ4v) is 2.05. The first-order valence-electron chi connectivity index (χ1n) is 6.94. The number of hydrogen-bond acceptors (Lipinski definition) is 2. The van der Waals surface area contributed by atoms with Gasteiger partial charge in [0.25, 0.3) is 0 Å². The first-order chi connectivity index (χ1) is 10.6. The number of amides is 1. The van der Waals surface area contributed by atoms with Gasteiger partial charge in [-0.3, -0.25) is 4.79 Å². The zero-order valence-corrected chi connectivity index (χ0v) is 12.6. The molecule has 1 N–H and O–H groups in total. The Morgan fingerprint density at radius 2 is 1.86 bits per heavy atom. The van der Waals surface area contributed by atoms with Gasteiger partial charge in [0.2, 0.25) is 5.91 Å². The average molecular weight is 299 g/mol. The summed E-state index contributed by atoms with van der Waals surface area (Å²) in [4.78, 5) is 12.1. The molecule has 0 aliphatic rings. The zero-order chi connectivity index (χ0) is 15.9. The van der Waals surface area contributed by atoms with Crippen LogP contribution in [0, 0.1) is 5.82 Å². The summed E-state index contributed by atoms with van der Waals surface area (Å²) in [5, 5.41) is 2.80. The predicted octanol–water partition coefficient (Wildman–Crippen LogP) is 3.55. The molecule has 4 heteroatoms. The SMILES string of the molecule is COc1ccccc1CNC(=O)/C(C)=C/c1ccccc1F. The minimum atomic E-state index is -0.348. The first kappa shape index (κ1) is 15.8. The number of benzene rings is 2. The lowest BCUT2D eigenvalue weighted by Crippen LogP contribution is -2.23. The summed E-state index contributed by atoms with van der Waals surface area (Å²) in [5.74, 6) is 0.132. The Hall–Kier alpha value is -2.62. The molecule has 3 nitrogen and oxygen atoms in total. The van der Waals surface area contributed by atoms with Crippen molar-refractivity contribution in [3.05, 3.63) is 71.0 Å². The molecular weight excluding hydrogens is 281 g/mol. The van der Waals surface area contributed by atoms with Crippen molar-refractivity contribution in [2.45, 2.75) is 13.5 Å². The largest absolute Gasteiger partial charge is 0.496 e. The summed E-state index contributed by atoms with van der Waals surface area (Å²) < 4.78 is 18.8. The fraction of sp³-hybridized carbons (Fsp3) is 0.167. The number of carbonyl (C=O) groups is 1. The Labute approximate surface area is 129 Å². The molecule has 0 aliphatic heterocycles. The second-order valence-electron chi connectivity index (χ2n) is 4.84. The van der Waals surface area contributed by atoms with Gasteiger partial charge in [0.15, 0.2) is 0 Å². The lowest BCUT2D eigenvalue weighted by atomic mass is 10.1. The highest BCUT2D eigenvalue weighted by Crippen LogP contribution is 2.17. The number of nitrogens with one attached hydrogen (secondary N) is 1. The maximum atomic E-state index is 13.6. The van der Waals surface area contributed by atoms with E-state index in [1.165, 1.54) is 12.1 Å². The van der Waals surface area contributed by atoms with Crippen molar-refractivity contribution in [3.8, 4) is 5.75 Å². The van der Waals surface area contributed by atoms with Gasteiger partial charge in [-0.05, 0) is 25.1 Å². The fourth-order valence-electron chi connectivity index (χ4n) is 2.05. The molecular formula is C18H18FNO2. The topological polar surface area (TPSA) is 38.3 Å². The van der Waals surface area contributed by atoms with Crippen molar-refractivity contribution < 1.29 is 13.9 Å². The van der Waals surface area contributed by atoms with Gasteiger partial charge in [-0.15, -0.1) is 0 Å². The van der Waals surface area contributed by atoms with Crippen LogP contribution in [0.1, 0.15) is 18.1 Å². The van der Waals surface area contributed by atoms with Crippen LogP contribution < -0.4 is 10.1 Å². The number of rotatable bonds is 5.